The summed E-state index contributed by atoms with van der Waals surface area (Å²) in [5.74, 6) is 0. The van der Waals surface area contributed by atoms with Gasteiger partial charge in [-0.15, -0.1) is 0 Å². The zero-order chi connectivity index (χ0) is 8.43. The molecule has 0 aromatic heterocycles. The Morgan fingerprint density at radius 2 is 2.09 bits per heavy atom. The van der Waals surface area contributed by atoms with Crippen LogP contribution >= 0.6 is 24.4 Å². The summed E-state index contributed by atoms with van der Waals surface area (Å²) in [5, 5.41) is 5.17. The first-order valence-electron chi connectivity index (χ1n) is 3.13. The van der Waals surface area contributed by atoms with Crippen molar-refractivity contribution in [3.63, 3.8) is 0 Å². The fraction of sp³-hybridized carbons (Fsp3) is 0.333. The first-order valence-corrected chi connectivity index (χ1v) is 3.95. The van der Waals surface area contributed by atoms with Gasteiger partial charge in [-0.2, -0.15) is 0 Å². The van der Waals surface area contributed by atoms with Gasteiger partial charge in [0.1, 0.15) is 4.99 Å². The van der Waals surface area contributed by atoms with Crippen LogP contribution < -0.4 is 10.7 Å². The molecule has 11 heavy (non-hydrogen) atoms. The number of rotatable bonds is 0. The Morgan fingerprint density at radius 3 is 2.73 bits per heavy atom. The Bertz CT molecular complexity index is 234. The lowest BCUT2D eigenvalue weighted by Crippen LogP contribution is -2.43. The Labute approximate surface area is 76.4 Å². The van der Waals surface area contributed by atoms with Gasteiger partial charge in [-0.25, -0.2) is 0 Å². The molecule has 0 saturated heterocycles. The third kappa shape index (κ3) is 2.13. The van der Waals surface area contributed by atoms with Crippen molar-refractivity contribution in [3.05, 3.63) is 11.8 Å². The van der Waals surface area contributed by atoms with E-state index in [1.807, 2.05) is 20.0 Å². The van der Waals surface area contributed by atoms with Gasteiger partial charge < -0.3 is 10.7 Å². The molecular weight excluding hydrogens is 178 g/mol. The van der Waals surface area contributed by atoms with E-state index in [1.54, 1.807) is 5.01 Å². The zero-order valence-corrected chi connectivity index (χ0v) is 7.97. The number of allylic oxidation sites excluding steroid dienone is 1. The van der Waals surface area contributed by atoms with E-state index in [0.29, 0.717) is 10.1 Å². The summed E-state index contributed by atoms with van der Waals surface area (Å²) >= 11 is 9.93. The molecule has 0 bridgehead atoms. The van der Waals surface area contributed by atoms with Crippen molar-refractivity contribution in [3.8, 4) is 0 Å². The number of hydrogen-bond donors (Lipinski definition) is 2. The van der Waals surface area contributed by atoms with E-state index >= 15 is 0 Å². The van der Waals surface area contributed by atoms with Crippen LogP contribution in [0.4, 0.5) is 0 Å². The molecule has 0 aliphatic carbocycles. The van der Waals surface area contributed by atoms with E-state index in [4.69, 9.17) is 24.4 Å². The summed E-state index contributed by atoms with van der Waals surface area (Å²) in [4.78, 5) is 0.643. The molecule has 0 aromatic carbocycles. The van der Waals surface area contributed by atoms with Crippen molar-refractivity contribution in [2.24, 2.45) is 0 Å². The molecule has 5 heteroatoms. The summed E-state index contributed by atoms with van der Waals surface area (Å²) < 4.78 is 0. The fourth-order valence-electron chi connectivity index (χ4n) is 0.770. The van der Waals surface area contributed by atoms with Gasteiger partial charge in [0.05, 0.1) is 0 Å². The molecule has 1 rings (SSSR count). The van der Waals surface area contributed by atoms with Gasteiger partial charge in [-0.1, -0.05) is 12.2 Å². The molecule has 0 unspecified atom stereocenters. The van der Waals surface area contributed by atoms with Gasteiger partial charge in [-0.3, -0.25) is 5.01 Å². The quantitative estimate of drug-likeness (QED) is 0.540. The van der Waals surface area contributed by atoms with Crippen molar-refractivity contribution >= 4 is 34.5 Å². The molecule has 0 radical (unpaired) electrons. The third-order valence-electron chi connectivity index (χ3n) is 1.23. The topological polar surface area (TPSA) is 27.3 Å². The SMILES string of the molecule is CC1=CC(=S)NC(=S)N(C)N1. The van der Waals surface area contributed by atoms with Crippen LogP contribution in [0, 0.1) is 0 Å². The number of hydrazine groups is 1. The summed E-state index contributed by atoms with van der Waals surface area (Å²) in [7, 11) is 1.83. The summed E-state index contributed by atoms with van der Waals surface area (Å²) in [6.07, 6.45) is 1.82. The third-order valence-corrected chi connectivity index (χ3v) is 1.82. The molecule has 0 amide bonds. The highest BCUT2D eigenvalue weighted by Gasteiger charge is 2.08. The normalized spacial score (nSPS) is 18.4. The average molecular weight is 187 g/mol. The second-order valence-corrected chi connectivity index (χ2v) is 3.12. The fourth-order valence-corrected chi connectivity index (χ4v) is 1.26. The van der Waals surface area contributed by atoms with Gasteiger partial charge in [0.15, 0.2) is 5.11 Å². The van der Waals surface area contributed by atoms with Gasteiger partial charge in [0.25, 0.3) is 0 Å². The molecule has 1 aliphatic heterocycles. The summed E-state index contributed by atoms with van der Waals surface area (Å²) in [6.45, 7) is 1.93. The van der Waals surface area contributed by atoms with E-state index in [2.05, 4.69) is 10.7 Å². The maximum Gasteiger partial charge on any atom is 0.192 e. The van der Waals surface area contributed by atoms with Crippen LogP contribution in [0.3, 0.4) is 0 Å². The lowest BCUT2D eigenvalue weighted by atomic mass is 10.4. The summed E-state index contributed by atoms with van der Waals surface area (Å²) in [6, 6.07) is 0. The van der Waals surface area contributed by atoms with Crippen molar-refractivity contribution in [1.82, 2.24) is 15.8 Å². The van der Waals surface area contributed by atoms with Crippen LogP contribution in [0.2, 0.25) is 0 Å². The maximum absolute atomic E-state index is 4.98. The minimum absolute atomic E-state index is 0.586. The molecule has 0 fully saturated rings. The number of nitrogens with zero attached hydrogens (tertiary/aromatic N) is 1. The first kappa shape index (κ1) is 8.42. The van der Waals surface area contributed by atoms with Crippen LogP contribution in [0.15, 0.2) is 11.8 Å². The van der Waals surface area contributed by atoms with Gasteiger partial charge in [0, 0.05) is 12.7 Å². The Kier molecular flexibility index (Phi) is 2.41. The predicted octanol–water partition coefficient (Wildman–Crippen LogP) is 0.542. The molecule has 60 valence electrons. The van der Waals surface area contributed by atoms with E-state index < -0.39 is 0 Å². The highest BCUT2D eigenvalue weighted by Crippen LogP contribution is 1.95. The minimum Gasteiger partial charge on any atom is -0.322 e. The smallest absolute Gasteiger partial charge is 0.192 e. The van der Waals surface area contributed by atoms with Crippen LogP contribution in [0.1, 0.15) is 6.92 Å². The molecule has 1 heterocycles. The second kappa shape index (κ2) is 3.15. The first-order chi connectivity index (χ1) is 5.09. The number of hydrogen-bond acceptors (Lipinski definition) is 3. The van der Waals surface area contributed by atoms with Crippen molar-refractivity contribution in [1.29, 1.82) is 0 Å². The highest BCUT2D eigenvalue weighted by atomic mass is 32.1. The van der Waals surface area contributed by atoms with E-state index in [9.17, 15) is 0 Å². The van der Waals surface area contributed by atoms with E-state index in [1.165, 1.54) is 0 Å². The Morgan fingerprint density at radius 1 is 1.45 bits per heavy atom. The summed E-state index contributed by atoms with van der Waals surface area (Å²) in [5.41, 5.74) is 4.00. The zero-order valence-electron chi connectivity index (χ0n) is 6.34. The molecule has 0 atom stereocenters. The largest absolute Gasteiger partial charge is 0.322 e. The van der Waals surface area contributed by atoms with E-state index in [0.717, 1.165) is 5.70 Å². The standard InChI is InChI=1S/C6H9N3S2/c1-4-3-5(10)7-6(11)9(2)8-4/h3,8H,1-2H3,(H,7,10,11). The minimum atomic E-state index is 0.586. The number of thiocarbonyl (C=S) groups is 2. The molecule has 0 aromatic rings. The molecule has 0 spiro atoms. The second-order valence-electron chi connectivity index (χ2n) is 2.29. The Hall–Kier alpha value is -0.680. The van der Waals surface area contributed by atoms with Crippen molar-refractivity contribution in [2.75, 3.05) is 7.05 Å². The monoisotopic (exact) mass is 187 g/mol. The van der Waals surface area contributed by atoms with Gasteiger partial charge in [-0.05, 0) is 25.2 Å². The van der Waals surface area contributed by atoms with Crippen molar-refractivity contribution < 1.29 is 0 Å². The number of nitrogens with one attached hydrogen (secondary N) is 2. The predicted molar refractivity (Wildman–Crippen MR) is 53.0 cm³/mol. The van der Waals surface area contributed by atoms with Crippen LogP contribution in [0.5, 0.6) is 0 Å². The lowest BCUT2D eigenvalue weighted by Gasteiger charge is -2.18. The van der Waals surface area contributed by atoms with Crippen LogP contribution in [-0.2, 0) is 0 Å². The van der Waals surface area contributed by atoms with Crippen LogP contribution in [-0.4, -0.2) is 22.2 Å². The van der Waals surface area contributed by atoms with E-state index in [-0.39, 0.29) is 0 Å². The van der Waals surface area contributed by atoms with Gasteiger partial charge in [0.2, 0.25) is 0 Å². The highest BCUT2D eigenvalue weighted by molar-refractivity contribution is 7.82. The average Bonchev–Trinajstić information content (AvgIpc) is 1.93. The molecule has 3 nitrogen and oxygen atoms in total. The van der Waals surface area contributed by atoms with Crippen molar-refractivity contribution in [2.45, 2.75) is 6.92 Å². The molecule has 2 N–H and O–H groups in total. The molecular formula is C6H9N3S2. The molecule has 1 aliphatic rings. The Balaban J connectivity index is 2.80. The maximum atomic E-state index is 4.98. The van der Waals surface area contributed by atoms with Crippen LogP contribution in [0.25, 0.3) is 0 Å². The van der Waals surface area contributed by atoms with Gasteiger partial charge >= 0.3 is 0 Å². The molecule has 0 saturated carbocycles. The lowest BCUT2D eigenvalue weighted by molar-refractivity contribution is 0.417.